The minimum absolute atomic E-state index is 0.157. The van der Waals surface area contributed by atoms with E-state index in [1.54, 1.807) is 0 Å². The molecule has 1 heterocycles. The van der Waals surface area contributed by atoms with Gasteiger partial charge < -0.3 is 10.6 Å². The first kappa shape index (κ1) is 11.4. The maximum atomic E-state index is 11.0. The van der Waals surface area contributed by atoms with E-state index >= 15 is 0 Å². The van der Waals surface area contributed by atoms with Gasteiger partial charge in [-0.25, -0.2) is 0 Å². The van der Waals surface area contributed by atoms with Crippen LogP contribution in [0.1, 0.15) is 18.4 Å². The lowest BCUT2D eigenvalue weighted by Crippen LogP contribution is -2.45. The number of carbonyl (C=O) groups excluding carboxylic acids is 1. The van der Waals surface area contributed by atoms with Crippen LogP contribution in [0.25, 0.3) is 0 Å². The lowest BCUT2D eigenvalue weighted by molar-refractivity contribution is -0.122. The Morgan fingerprint density at radius 2 is 2.12 bits per heavy atom. The van der Waals surface area contributed by atoms with Crippen molar-refractivity contribution >= 4 is 17.5 Å². The second-order valence-electron chi connectivity index (χ2n) is 4.05. The second kappa shape index (κ2) is 5.32. The van der Waals surface area contributed by atoms with Crippen LogP contribution in [0.15, 0.2) is 24.3 Å². The van der Waals surface area contributed by atoms with Gasteiger partial charge in [0, 0.05) is 30.6 Å². The van der Waals surface area contributed by atoms with Crippen LogP contribution in [0, 0.1) is 0 Å². The van der Waals surface area contributed by atoms with Gasteiger partial charge in [-0.05, 0) is 24.1 Å². The van der Waals surface area contributed by atoms with Crippen molar-refractivity contribution in [1.29, 1.82) is 0 Å². The largest absolute Gasteiger partial charge is 0.355 e. The van der Waals surface area contributed by atoms with Gasteiger partial charge in [0.15, 0.2) is 0 Å². The summed E-state index contributed by atoms with van der Waals surface area (Å²) in [4.78, 5) is 11.0. The van der Waals surface area contributed by atoms with E-state index in [0.29, 0.717) is 12.5 Å². The highest BCUT2D eigenvalue weighted by Gasteiger charge is 2.16. The SMILES string of the molecule is O=C1CCC(NCc2ccc(Cl)cc2)CN1. The van der Waals surface area contributed by atoms with Crippen molar-refractivity contribution in [2.45, 2.75) is 25.4 Å². The molecule has 1 aliphatic heterocycles. The highest BCUT2D eigenvalue weighted by molar-refractivity contribution is 6.30. The molecule has 2 rings (SSSR count). The molecule has 4 heteroatoms. The Hall–Kier alpha value is -1.06. The molecule has 16 heavy (non-hydrogen) atoms. The Morgan fingerprint density at radius 1 is 1.38 bits per heavy atom. The van der Waals surface area contributed by atoms with E-state index in [9.17, 15) is 4.79 Å². The fraction of sp³-hybridized carbons (Fsp3) is 0.417. The fourth-order valence-electron chi connectivity index (χ4n) is 1.77. The molecule has 1 aliphatic rings. The standard InChI is InChI=1S/C12H15ClN2O/c13-10-3-1-9(2-4-10)7-14-11-5-6-12(16)15-8-11/h1-4,11,14H,5-8H2,(H,15,16). The van der Waals surface area contributed by atoms with E-state index in [0.717, 1.165) is 24.5 Å². The summed E-state index contributed by atoms with van der Waals surface area (Å²) in [7, 11) is 0. The van der Waals surface area contributed by atoms with Gasteiger partial charge in [0.2, 0.25) is 5.91 Å². The molecule has 0 saturated carbocycles. The van der Waals surface area contributed by atoms with Crippen LogP contribution in [-0.4, -0.2) is 18.5 Å². The second-order valence-corrected chi connectivity index (χ2v) is 4.48. The molecule has 1 unspecified atom stereocenters. The first-order chi connectivity index (χ1) is 7.74. The summed E-state index contributed by atoms with van der Waals surface area (Å²) >= 11 is 5.81. The Morgan fingerprint density at radius 3 is 2.75 bits per heavy atom. The third-order valence-electron chi connectivity index (χ3n) is 2.77. The van der Waals surface area contributed by atoms with E-state index < -0.39 is 0 Å². The summed E-state index contributed by atoms with van der Waals surface area (Å²) in [6.45, 7) is 1.55. The third kappa shape index (κ3) is 3.22. The van der Waals surface area contributed by atoms with Gasteiger partial charge in [0.25, 0.3) is 0 Å². The van der Waals surface area contributed by atoms with Gasteiger partial charge in [0.1, 0.15) is 0 Å². The van der Waals surface area contributed by atoms with Crippen LogP contribution in [-0.2, 0) is 11.3 Å². The van der Waals surface area contributed by atoms with Crippen molar-refractivity contribution in [2.24, 2.45) is 0 Å². The molecule has 2 N–H and O–H groups in total. The molecule has 3 nitrogen and oxygen atoms in total. The zero-order chi connectivity index (χ0) is 11.4. The van der Waals surface area contributed by atoms with Crippen LogP contribution in [0.2, 0.25) is 5.02 Å². The number of nitrogens with one attached hydrogen (secondary N) is 2. The number of carbonyl (C=O) groups is 1. The first-order valence-corrected chi connectivity index (χ1v) is 5.86. The van der Waals surface area contributed by atoms with E-state index in [2.05, 4.69) is 10.6 Å². The molecule has 0 radical (unpaired) electrons. The van der Waals surface area contributed by atoms with Crippen molar-refractivity contribution in [3.63, 3.8) is 0 Å². The number of hydrogen-bond acceptors (Lipinski definition) is 2. The average molecular weight is 239 g/mol. The third-order valence-corrected chi connectivity index (χ3v) is 3.03. The summed E-state index contributed by atoms with van der Waals surface area (Å²) in [5.74, 6) is 0.157. The smallest absolute Gasteiger partial charge is 0.220 e. The normalized spacial score (nSPS) is 20.6. The van der Waals surface area contributed by atoms with Crippen molar-refractivity contribution in [1.82, 2.24) is 10.6 Å². The number of piperidine rings is 1. The van der Waals surface area contributed by atoms with Gasteiger partial charge in [0.05, 0.1) is 0 Å². The number of halogens is 1. The maximum absolute atomic E-state index is 11.0. The first-order valence-electron chi connectivity index (χ1n) is 5.48. The Balaban J connectivity index is 1.79. The summed E-state index contributed by atoms with van der Waals surface area (Å²) in [6.07, 6.45) is 1.54. The Labute approximate surface area is 100 Å². The molecule has 1 saturated heterocycles. The molecule has 1 atom stereocenters. The molecule has 0 spiro atoms. The summed E-state index contributed by atoms with van der Waals surface area (Å²) in [5, 5.41) is 7.03. The van der Waals surface area contributed by atoms with Crippen LogP contribution in [0.5, 0.6) is 0 Å². The molecular weight excluding hydrogens is 224 g/mol. The maximum Gasteiger partial charge on any atom is 0.220 e. The Bertz CT molecular complexity index is 354. The molecule has 0 aliphatic carbocycles. The lowest BCUT2D eigenvalue weighted by atomic mass is 10.1. The van der Waals surface area contributed by atoms with E-state index in [1.807, 2.05) is 24.3 Å². The van der Waals surface area contributed by atoms with Gasteiger partial charge in [-0.1, -0.05) is 23.7 Å². The monoisotopic (exact) mass is 238 g/mol. The topological polar surface area (TPSA) is 41.1 Å². The summed E-state index contributed by atoms with van der Waals surface area (Å²) < 4.78 is 0. The molecule has 1 aromatic rings. The summed E-state index contributed by atoms with van der Waals surface area (Å²) in [6, 6.07) is 8.18. The van der Waals surface area contributed by atoms with Gasteiger partial charge >= 0.3 is 0 Å². The molecule has 1 aromatic carbocycles. The van der Waals surface area contributed by atoms with Crippen molar-refractivity contribution in [2.75, 3.05) is 6.54 Å². The van der Waals surface area contributed by atoms with Gasteiger partial charge in [-0.2, -0.15) is 0 Å². The molecule has 0 aromatic heterocycles. The number of amides is 1. The molecule has 1 fully saturated rings. The van der Waals surface area contributed by atoms with E-state index in [4.69, 9.17) is 11.6 Å². The van der Waals surface area contributed by atoms with Crippen LogP contribution in [0.3, 0.4) is 0 Å². The number of rotatable bonds is 3. The van der Waals surface area contributed by atoms with E-state index in [1.165, 1.54) is 5.56 Å². The zero-order valence-electron chi connectivity index (χ0n) is 9.00. The minimum Gasteiger partial charge on any atom is -0.355 e. The molecule has 86 valence electrons. The van der Waals surface area contributed by atoms with Crippen molar-refractivity contribution in [3.8, 4) is 0 Å². The molecule has 0 bridgehead atoms. The zero-order valence-corrected chi connectivity index (χ0v) is 9.76. The van der Waals surface area contributed by atoms with E-state index in [-0.39, 0.29) is 5.91 Å². The predicted octanol–water partition coefficient (Wildman–Crippen LogP) is 1.71. The van der Waals surface area contributed by atoms with Crippen molar-refractivity contribution < 1.29 is 4.79 Å². The minimum atomic E-state index is 0.157. The summed E-state index contributed by atoms with van der Waals surface area (Å²) in [5.41, 5.74) is 1.21. The number of benzene rings is 1. The van der Waals surface area contributed by atoms with Crippen LogP contribution < -0.4 is 10.6 Å². The lowest BCUT2D eigenvalue weighted by Gasteiger charge is -2.23. The van der Waals surface area contributed by atoms with Crippen LogP contribution in [0.4, 0.5) is 0 Å². The average Bonchev–Trinajstić information content (AvgIpc) is 2.30. The predicted molar refractivity (Wildman–Crippen MR) is 64.3 cm³/mol. The van der Waals surface area contributed by atoms with Gasteiger partial charge in [-0.15, -0.1) is 0 Å². The van der Waals surface area contributed by atoms with Gasteiger partial charge in [-0.3, -0.25) is 4.79 Å². The number of hydrogen-bond donors (Lipinski definition) is 2. The van der Waals surface area contributed by atoms with Crippen molar-refractivity contribution in [3.05, 3.63) is 34.9 Å². The highest BCUT2D eigenvalue weighted by Crippen LogP contribution is 2.10. The fourth-order valence-corrected chi connectivity index (χ4v) is 1.90. The van der Waals surface area contributed by atoms with Crippen LogP contribution >= 0.6 is 11.6 Å². The molecule has 1 amide bonds. The Kier molecular flexibility index (Phi) is 3.80. The highest BCUT2D eigenvalue weighted by atomic mass is 35.5. The molecular formula is C12H15ClN2O. The quantitative estimate of drug-likeness (QED) is 0.842.